The van der Waals surface area contributed by atoms with Gasteiger partial charge in [0.05, 0.1) is 27.8 Å². The fraction of sp³-hybridized carbons (Fsp3) is 0.444. The van der Waals surface area contributed by atoms with Crippen LogP contribution in [0.15, 0.2) is 48.5 Å². The molecule has 2 aromatic carbocycles. The molecule has 0 heterocycles. The third kappa shape index (κ3) is 9.13. The van der Waals surface area contributed by atoms with E-state index in [4.69, 9.17) is 18.9 Å². The van der Waals surface area contributed by atoms with Crippen molar-refractivity contribution in [2.75, 3.05) is 27.9 Å². The Morgan fingerprint density at radius 1 is 0.972 bits per heavy atom. The number of alkyl carbamates (subject to hydrolysis) is 1. The molecule has 2 amide bonds. The van der Waals surface area contributed by atoms with Crippen LogP contribution in [-0.2, 0) is 32.0 Å². The van der Waals surface area contributed by atoms with Crippen LogP contribution in [0.5, 0.6) is 11.5 Å². The van der Waals surface area contributed by atoms with Crippen molar-refractivity contribution in [1.82, 2.24) is 10.2 Å². The van der Waals surface area contributed by atoms with Gasteiger partial charge in [0.15, 0.2) is 0 Å². The standard InChI is InChI=1S/C27H36N2O7/c1-27(2,3)36-26(32)28-22(16-19-10-8-7-9-11-19)25(31)29(15-14-24(30)35-6)18-20-12-13-21(33-4)17-23(20)34-5/h7-13,17,22H,14-16,18H2,1-6H3,(H,28,32)/t22-/m0/s1. The molecule has 2 aromatic rings. The zero-order valence-corrected chi connectivity index (χ0v) is 21.8. The van der Waals surface area contributed by atoms with Gasteiger partial charge in [-0.25, -0.2) is 4.79 Å². The van der Waals surface area contributed by atoms with Crippen LogP contribution in [-0.4, -0.2) is 62.4 Å². The highest BCUT2D eigenvalue weighted by Gasteiger charge is 2.29. The average molecular weight is 501 g/mol. The van der Waals surface area contributed by atoms with Gasteiger partial charge in [-0.15, -0.1) is 0 Å². The zero-order valence-electron chi connectivity index (χ0n) is 21.8. The van der Waals surface area contributed by atoms with E-state index < -0.39 is 23.7 Å². The Labute approximate surface area is 212 Å². The van der Waals surface area contributed by atoms with Crippen molar-refractivity contribution in [3.63, 3.8) is 0 Å². The molecule has 0 fully saturated rings. The van der Waals surface area contributed by atoms with Gasteiger partial charge in [0.1, 0.15) is 23.1 Å². The van der Waals surface area contributed by atoms with E-state index in [1.54, 1.807) is 46.1 Å². The number of nitrogens with one attached hydrogen (secondary N) is 1. The molecule has 0 aliphatic rings. The molecule has 36 heavy (non-hydrogen) atoms. The van der Waals surface area contributed by atoms with E-state index in [1.807, 2.05) is 30.3 Å². The van der Waals surface area contributed by atoms with Gasteiger partial charge in [-0.3, -0.25) is 9.59 Å². The fourth-order valence-electron chi connectivity index (χ4n) is 3.50. The summed E-state index contributed by atoms with van der Waals surface area (Å²) in [4.78, 5) is 39.8. The van der Waals surface area contributed by atoms with Crippen LogP contribution < -0.4 is 14.8 Å². The Balaban J connectivity index is 2.37. The smallest absolute Gasteiger partial charge is 0.408 e. The van der Waals surface area contributed by atoms with Crippen molar-refractivity contribution in [2.24, 2.45) is 0 Å². The van der Waals surface area contributed by atoms with Gasteiger partial charge in [-0.1, -0.05) is 30.3 Å². The van der Waals surface area contributed by atoms with Crippen LogP contribution >= 0.6 is 0 Å². The molecule has 0 saturated carbocycles. The first-order valence-corrected chi connectivity index (χ1v) is 11.7. The number of carbonyl (C=O) groups is 3. The molecule has 0 bridgehead atoms. The van der Waals surface area contributed by atoms with Gasteiger partial charge in [-0.05, 0) is 38.5 Å². The van der Waals surface area contributed by atoms with E-state index in [9.17, 15) is 14.4 Å². The normalized spacial score (nSPS) is 11.7. The predicted octanol–water partition coefficient (Wildman–Crippen LogP) is 3.73. The highest BCUT2D eigenvalue weighted by atomic mass is 16.6. The van der Waals surface area contributed by atoms with Crippen LogP contribution in [0.2, 0.25) is 0 Å². The molecule has 1 atom stereocenters. The highest BCUT2D eigenvalue weighted by molar-refractivity contribution is 5.86. The van der Waals surface area contributed by atoms with E-state index in [2.05, 4.69) is 5.32 Å². The number of methoxy groups -OCH3 is 3. The quantitative estimate of drug-likeness (QED) is 0.469. The van der Waals surface area contributed by atoms with Crippen LogP contribution in [0.3, 0.4) is 0 Å². The number of nitrogens with zero attached hydrogens (tertiary/aromatic N) is 1. The van der Waals surface area contributed by atoms with E-state index >= 15 is 0 Å². The molecule has 0 radical (unpaired) electrons. The molecule has 0 spiro atoms. The predicted molar refractivity (Wildman–Crippen MR) is 135 cm³/mol. The van der Waals surface area contributed by atoms with Crippen molar-refractivity contribution in [3.8, 4) is 11.5 Å². The molecular weight excluding hydrogens is 464 g/mol. The summed E-state index contributed by atoms with van der Waals surface area (Å²) < 4.78 is 20.9. The molecule has 1 N–H and O–H groups in total. The molecule has 9 heteroatoms. The van der Waals surface area contributed by atoms with Crippen molar-refractivity contribution in [2.45, 2.75) is 51.8 Å². The van der Waals surface area contributed by atoms with Gasteiger partial charge in [0.2, 0.25) is 5.91 Å². The van der Waals surface area contributed by atoms with Gasteiger partial charge < -0.3 is 29.2 Å². The Hall–Kier alpha value is -3.75. The number of benzene rings is 2. The Kier molecular flexibility index (Phi) is 10.6. The topological polar surface area (TPSA) is 103 Å². The minimum Gasteiger partial charge on any atom is -0.497 e. The fourth-order valence-corrected chi connectivity index (χ4v) is 3.50. The monoisotopic (exact) mass is 500 g/mol. The first-order chi connectivity index (χ1) is 17.1. The van der Waals surface area contributed by atoms with Crippen LogP contribution in [0, 0.1) is 0 Å². The first kappa shape index (κ1) is 28.5. The molecule has 0 aliphatic carbocycles. The lowest BCUT2D eigenvalue weighted by Crippen LogP contribution is -2.51. The molecule has 9 nitrogen and oxygen atoms in total. The van der Waals surface area contributed by atoms with Gasteiger partial charge in [0.25, 0.3) is 0 Å². The first-order valence-electron chi connectivity index (χ1n) is 11.7. The highest BCUT2D eigenvalue weighted by Crippen LogP contribution is 2.26. The molecule has 0 unspecified atom stereocenters. The lowest BCUT2D eigenvalue weighted by molar-refractivity contribution is -0.142. The average Bonchev–Trinajstić information content (AvgIpc) is 2.84. The van der Waals surface area contributed by atoms with E-state index in [-0.39, 0.29) is 31.8 Å². The summed E-state index contributed by atoms with van der Waals surface area (Å²) in [5, 5.41) is 2.72. The molecule has 0 saturated heterocycles. The van der Waals surface area contributed by atoms with E-state index in [0.717, 1.165) is 5.56 Å². The van der Waals surface area contributed by atoms with Crippen LogP contribution in [0.25, 0.3) is 0 Å². The maximum Gasteiger partial charge on any atom is 0.408 e. The summed E-state index contributed by atoms with van der Waals surface area (Å²) in [5.41, 5.74) is 0.847. The minimum atomic E-state index is -0.927. The lowest BCUT2D eigenvalue weighted by Gasteiger charge is -2.29. The number of ether oxygens (including phenoxy) is 4. The van der Waals surface area contributed by atoms with Crippen molar-refractivity contribution in [3.05, 3.63) is 59.7 Å². The zero-order chi connectivity index (χ0) is 26.7. The summed E-state index contributed by atoms with van der Waals surface area (Å²) in [6, 6.07) is 13.7. The van der Waals surface area contributed by atoms with E-state index in [1.165, 1.54) is 19.1 Å². The Bertz CT molecular complexity index is 1020. The van der Waals surface area contributed by atoms with Crippen LogP contribution in [0.1, 0.15) is 38.3 Å². The molecule has 0 aromatic heterocycles. The maximum absolute atomic E-state index is 13.8. The number of esters is 1. The molecular formula is C27H36N2O7. The second kappa shape index (κ2) is 13.4. The summed E-state index contributed by atoms with van der Waals surface area (Å²) in [6.45, 7) is 5.48. The van der Waals surface area contributed by atoms with Crippen molar-refractivity contribution in [1.29, 1.82) is 0 Å². The number of hydrogen-bond acceptors (Lipinski definition) is 7. The third-order valence-electron chi connectivity index (χ3n) is 5.25. The van der Waals surface area contributed by atoms with Gasteiger partial charge in [0, 0.05) is 31.1 Å². The SMILES string of the molecule is COC(=O)CCN(Cc1ccc(OC)cc1OC)C(=O)[C@H](Cc1ccccc1)NC(=O)OC(C)(C)C. The summed E-state index contributed by atoms with van der Waals surface area (Å²) in [7, 11) is 4.38. The summed E-state index contributed by atoms with van der Waals surface area (Å²) in [6.07, 6.45) is -0.467. The Morgan fingerprint density at radius 2 is 1.67 bits per heavy atom. The number of rotatable bonds is 11. The van der Waals surface area contributed by atoms with Crippen molar-refractivity contribution >= 4 is 18.0 Å². The molecule has 2 rings (SSSR count). The van der Waals surface area contributed by atoms with Gasteiger partial charge in [-0.2, -0.15) is 0 Å². The molecule has 0 aliphatic heterocycles. The second-order valence-corrected chi connectivity index (χ2v) is 9.15. The van der Waals surface area contributed by atoms with Crippen LogP contribution in [0.4, 0.5) is 4.79 Å². The van der Waals surface area contributed by atoms with Gasteiger partial charge >= 0.3 is 12.1 Å². The minimum absolute atomic E-state index is 0.00873. The maximum atomic E-state index is 13.8. The number of hydrogen-bond donors (Lipinski definition) is 1. The largest absolute Gasteiger partial charge is 0.497 e. The second-order valence-electron chi connectivity index (χ2n) is 9.15. The Morgan fingerprint density at radius 3 is 2.25 bits per heavy atom. The summed E-state index contributed by atoms with van der Waals surface area (Å²) in [5.74, 6) is 0.321. The number of carbonyl (C=O) groups excluding carboxylic acids is 3. The van der Waals surface area contributed by atoms with Crippen molar-refractivity contribution < 1.29 is 33.3 Å². The molecule has 196 valence electrons. The lowest BCUT2D eigenvalue weighted by atomic mass is 10.0. The number of amides is 2. The third-order valence-corrected chi connectivity index (χ3v) is 5.25. The summed E-state index contributed by atoms with van der Waals surface area (Å²) >= 11 is 0. The van der Waals surface area contributed by atoms with E-state index in [0.29, 0.717) is 17.1 Å².